The fourth-order valence-corrected chi connectivity index (χ4v) is 6.58. The second-order valence-electron chi connectivity index (χ2n) is 9.36. The minimum atomic E-state index is -0.939. The lowest BCUT2D eigenvalue weighted by Crippen LogP contribution is -2.65. The molecule has 1 spiro atoms. The number of phenols is 1. The number of nitrogens with zero attached hydrogens (tertiary/aromatic N) is 1. The number of aromatic hydroxyl groups is 1. The summed E-state index contributed by atoms with van der Waals surface area (Å²) in [4.78, 5) is 13.8. The number of likely N-dealkylation sites (tertiary alicyclic amines) is 1. The van der Waals surface area contributed by atoms with E-state index in [2.05, 4.69) is 24.1 Å². The van der Waals surface area contributed by atoms with E-state index in [1.54, 1.807) is 6.07 Å². The average Bonchev–Trinajstić information content (AvgIpc) is 3.09. The molecular weight excluding hydrogens is 386 g/mol. The summed E-state index contributed by atoms with van der Waals surface area (Å²) in [6.07, 6.45) is 6.19. The Bertz CT molecular complexity index is 931. The van der Waals surface area contributed by atoms with Gasteiger partial charge in [0.05, 0.1) is 0 Å². The molecule has 7 atom stereocenters. The molecule has 5 aliphatic rings. The molecule has 0 amide bonds. The topological polar surface area (TPSA) is 88.5 Å². The van der Waals surface area contributed by atoms with Crippen molar-refractivity contribution in [2.45, 2.75) is 68.2 Å². The van der Waals surface area contributed by atoms with Crippen molar-refractivity contribution in [1.29, 1.82) is 0 Å². The summed E-state index contributed by atoms with van der Waals surface area (Å²) >= 11 is 0. The summed E-state index contributed by atoms with van der Waals surface area (Å²) < 4.78 is 18.5. The van der Waals surface area contributed by atoms with Gasteiger partial charge >= 0.3 is 5.97 Å². The van der Waals surface area contributed by atoms with Gasteiger partial charge < -0.3 is 29.3 Å². The molecule has 0 saturated carbocycles. The second-order valence-corrected chi connectivity index (χ2v) is 9.36. The van der Waals surface area contributed by atoms with Crippen LogP contribution >= 0.6 is 0 Å². The molecule has 2 bridgehead atoms. The second kappa shape index (κ2) is 6.45. The van der Waals surface area contributed by atoms with Gasteiger partial charge in [-0.15, -0.1) is 0 Å². The third-order valence-corrected chi connectivity index (χ3v) is 7.94. The van der Waals surface area contributed by atoms with Gasteiger partial charge in [0.2, 0.25) is 0 Å². The third kappa shape index (κ3) is 2.40. The molecule has 30 heavy (non-hydrogen) atoms. The molecule has 6 rings (SSSR count). The minimum Gasteiger partial charge on any atom is -0.504 e. The summed E-state index contributed by atoms with van der Waals surface area (Å²) in [5, 5.41) is 19.9. The van der Waals surface area contributed by atoms with Crippen LogP contribution in [0.25, 0.3) is 0 Å². The Morgan fingerprint density at radius 2 is 2.17 bits per heavy atom. The van der Waals surface area contributed by atoms with E-state index in [4.69, 9.17) is 14.2 Å². The number of ether oxygens (including phenoxy) is 3. The van der Waals surface area contributed by atoms with Crippen LogP contribution in [0.5, 0.6) is 11.5 Å². The average molecular weight is 413 g/mol. The minimum absolute atomic E-state index is 0.187. The number of hydrogen-bond acceptors (Lipinski definition) is 6. The predicted octanol–water partition coefficient (Wildman–Crippen LogP) is 2.20. The van der Waals surface area contributed by atoms with E-state index in [1.165, 1.54) is 5.56 Å². The van der Waals surface area contributed by atoms with E-state index in [9.17, 15) is 15.0 Å². The summed E-state index contributed by atoms with van der Waals surface area (Å²) in [6.45, 7) is 0.969. The SMILES string of the molecule is CN1CC[C@]23c4c5ccc(O)c4O[C@H]2[C@@H](OC2CCCC(C(=O)O)O2)C=C[C@H]3[C@H]1C5. The van der Waals surface area contributed by atoms with Crippen molar-refractivity contribution < 1.29 is 29.2 Å². The van der Waals surface area contributed by atoms with Crippen molar-refractivity contribution in [2.75, 3.05) is 13.6 Å². The highest BCUT2D eigenvalue weighted by atomic mass is 16.7. The maximum Gasteiger partial charge on any atom is 0.332 e. The number of hydrogen-bond donors (Lipinski definition) is 2. The number of likely N-dealkylation sites (N-methyl/N-ethyl adjacent to an activating group) is 1. The summed E-state index contributed by atoms with van der Waals surface area (Å²) in [7, 11) is 2.19. The monoisotopic (exact) mass is 413 g/mol. The number of rotatable bonds is 3. The molecule has 1 aromatic carbocycles. The third-order valence-electron chi connectivity index (χ3n) is 7.94. The number of phenolic OH excluding ortho intramolecular Hbond substituents is 1. The van der Waals surface area contributed by atoms with Gasteiger partial charge in [0.1, 0.15) is 12.2 Å². The summed E-state index contributed by atoms with van der Waals surface area (Å²) in [6, 6.07) is 4.18. The van der Waals surface area contributed by atoms with Gasteiger partial charge in [-0.25, -0.2) is 4.79 Å². The quantitative estimate of drug-likeness (QED) is 0.735. The Kier molecular flexibility index (Phi) is 4.01. The predicted molar refractivity (Wildman–Crippen MR) is 107 cm³/mol. The van der Waals surface area contributed by atoms with E-state index >= 15 is 0 Å². The molecule has 160 valence electrons. The Morgan fingerprint density at radius 3 is 3.00 bits per heavy atom. The number of aliphatic carboxylic acids is 1. The normalized spacial score (nSPS) is 41.2. The maximum absolute atomic E-state index is 11.4. The van der Waals surface area contributed by atoms with Crippen LogP contribution in [-0.2, 0) is 26.1 Å². The lowest BCUT2D eigenvalue weighted by atomic mass is 9.53. The van der Waals surface area contributed by atoms with E-state index < -0.39 is 18.4 Å². The smallest absolute Gasteiger partial charge is 0.332 e. The first-order chi connectivity index (χ1) is 14.5. The van der Waals surface area contributed by atoms with Gasteiger partial charge in [0, 0.05) is 22.9 Å². The van der Waals surface area contributed by atoms with Crippen LogP contribution in [0, 0.1) is 5.92 Å². The highest BCUT2D eigenvalue weighted by Crippen LogP contribution is 2.62. The lowest BCUT2D eigenvalue weighted by molar-refractivity contribution is -0.229. The van der Waals surface area contributed by atoms with Crippen molar-refractivity contribution in [1.82, 2.24) is 4.90 Å². The Labute approximate surface area is 175 Å². The van der Waals surface area contributed by atoms with Crippen LogP contribution in [0.15, 0.2) is 24.3 Å². The van der Waals surface area contributed by atoms with Crippen LogP contribution in [0.3, 0.4) is 0 Å². The van der Waals surface area contributed by atoms with Crippen molar-refractivity contribution in [2.24, 2.45) is 5.92 Å². The van der Waals surface area contributed by atoms with Gasteiger partial charge in [-0.1, -0.05) is 18.2 Å². The first-order valence-electron chi connectivity index (χ1n) is 10.9. The highest BCUT2D eigenvalue weighted by Gasteiger charge is 2.64. The zero-order valence-electron chi connectivity index (χ0n) is 17.0. The van der Waals surface area contributed by atoms with Crippen LogP contribution in [0.1, 0.15) is 36.8 Å². The van der Waals surface area contributed by atoms with Crippen LogP contribution in [0.2, 0.25) is 0 Å². The molecule has 3 aliphatic heterocycles. The molecule has 2 saturated heterocycles. The molecule has 0 aromatic heterocycles. The summed E-state index contributed by atoms with van der Waals surface area (Å²) in [5.74, 6) is 0.157. The number of carboxylic acids is 1. The number of carboxylic acid groups (broad SMARTS) is 1. The van der Waals surface area contributed by atoms with Gasteiger partial charge in [-0.2, -0.15) is 0 Å². The van der Waals surface area contributed by atoms with Crippen LogP contribution < -0.4 is 4.74 Å². The number of benzene rings is 1. The van der Waals surface area contributed by atoms with E-state index in [0.717, 1.165) is 31.4 Å². The van der Waals surface area contributed by atoms with Crippen molar-refractivity contribution in [3.05, 3.63) is 35.4 Å². The Hall–Kier alpha value is -2.09. The molecule has 2 fully saturated rings. The van der Waals surface area contributed by atoms with E-state index in [0.29, 0.717) is 30.6 Å². The lowest BCUT2D eigenvalue weighted by Gasteiger charge is -2.57. The fraction of sp³-hybridized carbons (Fsp3) is 0.609. The number of carbonyl (C=O) groups is 1. The Morgan fingerprint density at radius 1 is 1.30 bits per heavy atom. The van der Waals surface area contributed by atoms with E-state index in [1.807, 2.05) is 6.07 Å². The molecule has 3 heterocycles. The summed E-state index contributed by atoms with van der Waals surface area (Å²) in [5.41, 5.74) is 2.19. The van der Waals surface area contributed by atoms with Crippen LogP contribution in [-0.4, -0.2) is 65.3 Å². The molecule has 0 radical (unpaired) electrons. The zero-order chi connectivity index (χ0) is 20.6. The maximum atomic E-state index is 11.4. The van der Waals surface area contributed by atoms with Crippen LogP contribution in [0.4, 0.5) is 0 Å². The molecule has 2 aliphatic carbocycles. The Balaban J connectivity index is 1.38. The molecule has 2 N–H and O–H groups in total. The largest absolute Gasteiger partial charge is 0.504 e. The van der Waals surface area contributed by atoms with E-state index in [-0.39, 0.29) is 23.4 Å². The standard InChI is InChI=1S/C23H27NO6/c1-24-10-9-23-13-6-8-16(28-18-4-2-3-17(29-18)22(26)27)21(23)30-20-15(25)7-5-12(19(20)23)11-14(13)24/h5-8,13-14,16-18,21,25H,2-4,9-11H2,1H3,(H,26,27)/t13-,14+,16-,17?,18?,21-,23-/m0/s1. The molecule has 2 unspecified atom stereocenters. The van der Waals surface area contributed by atoms with Gasteiger partial charge in [-0.3, -0.25) is 0 Å². The van der Waals surface area contributed by atoms with Gasteiger partial charge in [-0.05, 0) is 57.3 Å². The van der Waals surface area contributed by atoms with Crippen molar-refractivity contribution in [3.8, 4) is 11.5 Å². The van der Waals surface area contributed by atoms with Crippen molar-refractivity contribution >= 4 is 5.97 Å². The molecule has 7 heteroatoms. The fourth-order valence-electron chi connectivity index (χ4n) is 6.58. The number of piperidine rings is 1. The zero-order valence-corrected chi connectivity index (χ0v) is 17.0. The van der Waals surface area contributed by atoms with Gasteiger partial charge in [0.25, 0.3) is 0 Å². The van der Waals surface area contributed by atoms with Gasteiger partial charge in [0.15, 0.2) is 23.9 Å². The first-order valence-corrected chi connectivity index (χ1v) is 10.9. The van der Waals surface area contributed by atoms with Crippen molar-refractivity contribution in [3.63, 3.8) is 0 Å². The highest BCUT2D eigenvalue weighted by molar-refractivity contribution is 5.72. The first kappa shape index (κ1) is 18.7. The molecule has 1 aromatic rings. The molecular formula is C23H27NO6. The molecule has 7 nitrogen and oxygen atoms in total.